The third-order valence-corrected chi connectivity index (χ3v) is 5.04. The van der Waals surface area contributed by atoms with Crippen molar-refractivity contribution < 1.29 is 14.3 Å². The van der Waals surface area contributed by atoms with Crippen molar-refractivity contribution in [3.63, 3.8) is 0 Å². The molecule has 0 radical (unpaired) electrons. The van der Waals surface area contributed by atoms with Gasteiger partial charge in [0.05, 0.1) is 7.11 Å². The highest BCUT2D eigenvalue weighted by Crippen LogP contribution is 2.18. The van der Waals surface area contributed by atoms with Crippen molar-refractivity contribution in [2.75, 3.05) is 7.11 Å². The first-order valence-corrected chi connectivity index (χ1v) is 9.85. The van der Waals surface area contributed by atoms with E-state index in [4.69, 9.17) is 4.74 Å². The first kappa shape index (κ1) is 19.9. The fraction of sp³-hybridized carbons (Fsp3) is 0.409. The van der Waals surface area contributed by atoms with Gasteiger partial charge in [-0.3, -0.25) is 9.59 Å². The van der Waals surface area contributed by atoms with Gasteiger partial charge in [0.2, 0.25) is 0 Å². The van der Waals surface area contributed by atoms with Gasteiger partial charge >= 0.3 is 0 Å². The Morgan fingerprint density at radius 1 is 0.964 bits per heavy atom. The Labute approximate surface area is 165 Å². The zero-order valence-electron chi connectivity index (χ0n) is 16.2. The summed E-state index contributed by atoms with van der Waals surface area (Å²) in [6, 6.07) is 12.6. The number of benzene rings is 1. The third kappa shape index (κ3) is 5.31. The number of hydrogen-bond donors (Lipinski definition) is 2. The normalized spacial score (nSPS) is 14.8. The van der Waals surface area contributed by atoms with Gasteiger partial charge < -0.3 is 15.4 Å². The zero-order chi connectivity index (χ0) is 19.8. The van der Waals surface area contributed by atoms with E-state index in [-0.39, 0.29) is 29.2 Å². The fourth-order valence-electron chi connectivity index (χ4n) is 3.49. The minimum absolute atomic E-state index is 0.194. The van der Waals surface area contributed by atoms with E-state index in [0.717, 1.165) is 31.2 Å². The highest BCUT2D eigenvalue weighted by Gasteiger charge is 2.18. The van der Waals surface area contributed by atoms with Crippen molar-refractivity contribution in [2.45, 2.75) is 51.1 Å². The van der Waals surface area contributed by atoms with Crippen molar-refractivity contribution in [1.82, 2.24) is 15.6 Å². The van der Waals surface area contributed by atoms with Crippen LogP contribution in [0.2, 0.25) is 0 Å². The van der Waals surface area contributed by atoms with Gasteiger partial charge in [-0.2, -0.15) is 0 Å². The van der Waals surface area contributed by atoms with Gasteiger partial charge in [-0.05, 0) is 31.0 Å². The first-order valence-electron chi connectivity index (χ1n) is 9.85. The lowest BCUT2D eigenvalue weighted by molar-refractivity contribution is 0.0927. The van der Waals surface area contributed by atoms with Gasteiger partial charge in [0.25, 0.3) is 11.8 Å². The van der Waals surface area contributed by atoms with Crippen LogP contribution >= 0.6 is 0 Å². The van der Waals surface area contributed by atoms with Crippen LogP contribution < -0.4 is 15.4 Å². The third-order valence-electron chi connectivity index (χ3n) is 5.04. The molecule has 1 aliphatic carbocycles. The molecule has 6 nitrogen and oxygen atoms in total. The molecular formula is C22H27N3O3. The molecule has 0 atom stereocenters. The number of para-hydroxylation sites is 1. The molecule has 28 heavy (non-hydrogen) atoms. The van der Waals surface area contributed by atoms with Crippen LogP contribution in [0.4, 0.5) is 0 Å². The van der Waals surface area contributed by atoms with Crippen molar-refractivity contribution in [3.8, 4) is 5.75 Å². The molecule has 3 rings (SSSR count). The maximum atomic E-state index is 12.5. The first-order chi connectivity index (χ1) is 13.7. The highest BCUT2D eigenvalue weighted by molar-refractivity contribution is 5.96. The maximum absolute atomic E-state index is 12.5. The average Bonchev–Trinajstić information content (AvgIpc) is 3.01. The van der Waals surface area contributed by atoms with E-state index in [1.807, 2.05) is 24.3 Å². The van der Waals surface area contributed by atoms with Crippen LogP contribution in [0.25, 0.3) is 0 Å². The summed E-state index contributed by atoms with van der Waals surface area (Å²) >= 11 is 0. The molecule has 1 heterocycles. The van der Waals surface area contributed by atoms with Gasteiger partial charge in [0.15, 0.2) is 0 Å². The predicted molar refractivity (Wildman–Crippen MR) is 107 cm³/mol. The van der Waals surface area contributed by atoms with Crippen molar-refractivity contribution >= 4 is 11.8 Å². The van der Waals surface area contributed by atoms with E-state index in [1.54, 1.807) is 25.3 Å². The SMILES string of the molecule is COc1ccccc1CNC(=O)c1cccc(C(=O)NC2CCCCCC2)n1. The standard InChI is InChI=1S/C22H27N3O3/c1-28-20-14-7-6-9-16(20)15-23-21(26)18-12-8-13-19(25-18)22(27)24-17-10-4-2-3-5-11-17/h6-9,12-14,17H,2-5,10-11,15H2,1H3,(H,23,26)(H,24,27). The van der Waals surface area contributed by atoms with Crippen LogP contribution in [0.3, 0.4) is 0 Å². The van der Waals surface area contributed by atoms with E-state index >= 15 is 0 Å². The Balaban J connectivity index is 1.61. The van der Waals surface area contributed by atoms with Crippen molar-refractivity contribution in [1.29, 1.82) is 0 Å². The number of carbonyl (C=O) groups is 2. The minimum atomic E-state index is -0.324. The summed E-state index contributed by atoms with van der Waals surface area (Å²) in [5, 5.41) is 5.90. The van der Waals surface area contributed by atoms with E-state index in [0.29, 0.717) is 12.3 Å². The van der Waals surface area contributed by atoms with Crippen LogP contribution in [-0.2, 0) is 6.54 Å². The number of pyridine rings is 1. The molecule has 1 aromatic carbocycles. The summed E-state index contributed by atoms with van der Waals surface area (Å²) in [7, 11) is 1.60. The summed E-state index contributed by atoms with van der Waals surface area (Å²) in [6.07, 6.45) is 6.75. The number of rotatable bonds is 6. The predicted octanol–water partition coefficient (Wildman–Crippen LogP) is 3.47. The molecule has 0 bridgehead atoms. The van der Waals surface area contributed by atoms with E-state index in [1.165, 1.54) is 12.8 Å². The van der Waals surface area contributed by atoms with Gasteiger partial charge in [-0.15, -0.1) is 0 Å². The molecule has 1 aromatic heterocycles. The maximum Gasteiger partial charge on any atom is 0.270 e. The van der Waals surface area contributed by atoms with Crippen LogP contribution in [0.5, 0.6) is 5.75 Å². The smallest absolute Gasteiger partial charge is 0.270 e. The minimum Gasteiger partial charge on any atom is -0.496 e. The molecule has 1 aliphatic rings. The summed E-state index contributed by atoms with van der Waals surface area (Å²) in [4.78, 5) is 29.3. The Morgan fingerprint density at radius 3 is 2.36 bits per heavy atom. The van der Waals surface area contributed by atoms with Gasteiger partial charge in [0.1, 0.15) is 17.1 Å². The zero-order valence-corrected chi connectivity index (χ0v) is 16.2. The topological polar surface area (TPSA) is 80.3 Å². The monoisotopic (exact) mass is 381 g/mol. The Morgan fingerprint density at radius 2 is 1.64 bits per heavy atom. The average molecular weight is 381 g/mol. The van der Waals surface area contributed by atoms with Gasteiger partial charge in [-0.1, -0.05) is 49.9 Å². The van der Waals surface area contributed by atoms with Crippen molar-refractivity contribution in [2.24, 2.45) is 0 Å². The molecule has 1 fully saturated rings. The van der Waals surface area contributed by atoms with E-state index in [9.17, 15) is 9.59 Å². The van der Waals surface area contributed by atoms with E-state index < -0.39 is 0 Å². The number of nitrogens with one attached hydrogen (secondary N) is 2. The van der Waals surface area contributed by atoms with Crippen LogP contribution in [0.1, 0.15) is 65.1 Å². The largest absolute Gasteiger partial charge is 0.496 e. The van der Waals surface area contributed by atoms with Gasteiger partial charge in [-0.25, -0.2) is 4.98 Å². The molecule has 2 N–H and O–H groups in total. The number of carbonyl (C=O) groups excluding carboxylic acids is 2. The molecule has 2 aromatic rings. The van der Waals surface area contributed by atoms with Crippen LogP contribution in [-0.4, -0.2) is 29.9 Å². The summed E-state index contributed by atoms with van der Waals surface area (Å²) < 4.78 is 5.30. The summed E-state index contributed by atoms with van der Waals surface area (Å²) in [6.45, 7) is 0.322. The second-order valence-electron chi connectivity index (χ2n) is 7.06. The van der Waals surface area contributed by atoms with E-state index in [2.05, 4.69) is 15.6 Å². The Hall–Kier alpha value is -2.89. The van der Waals surface area contributed by atoms with Crippen LogP contribution in [0.15, 0.2) is 42.5 Å². The lowest BCUT2D eigenvalue weighted by Crippen LogP contribution is -2.35. The lowest BCUT2D eigenvalue weighted by atomic mass is 10.1. The Kier molecular flexibility index (Phi) is 7.00. The summed E-state index contributed by atoms with van der Waals surface area (Å²) in [5.41, 5.74) is 1.37. The Bertz CT molecular complexity index is 814. The molecule has 0 aliphatic heterocycles. The quantitative estimate of drug-likeness (QED) is 0.751. The highest BCUT2D eigenvalue weighted by atomic mass is 16.5. The fourth-order valence-corrected chi connectivity index (χ4v) is 3.49. The number of methoxy groups -OCH3 is 1. The molecular weight excluding hydrogens is 354 g/mol. The molecule has 6 heteroatoms. The van der Waals surface area contributed by atoms with Crippen molar-refractivity contribution in [3.05, 3.63) is 59.4 Å². The lowest BCUT2D eigenvalue weighted by Gasteiger charge is -2.16. The molecule has 1 saturated carbocycles. The number of nitrogens with zero attached hydrogens (tertiary/aromatic N) is 1. The molecule has 148 valence electrons. The molecule has 2 amide bonds. The summed E-state index contributed by atoms with van der Waals surface area (Å²) in [5.74, 6) is 0.175. The van der Waals surface area contributed by atoms with Crippen LogP contribution in [0, 0.1) is 0 Å². The number of ether oxygens (including phenoxy) is 1. The molecule has 0 saturated heterocycles. The number of hydrogen-bond acceptors (Lipinski definition) is 4. The van der Waals surface area contributed by atoms with Gasteiger partial charge in [0, 0.05) is 18.2 Å². The second kappa shape index (κ2) is 9.88. The number of aromatic nitrogens is 1. The second-order valence-corrected chi connectivity index (χ2v) is 7.06. The molecule has 0 unspecified atom stereocenters. The molecule has 0 spiro atoms. The number of amides is 2.